The SMILES string of the molecule is C=CC=C(C)C=C(C)C=C. The highest BCUT2D eigenvalue weighted by Gasteiger charge is 1.80. The second kappa shape index (κ2) is 4.80. The second-order valence-corrected chi connectivity index (χ2v) is 2.24. The average molecular weight is 134 g/mol. The fraction of sp³-hybridized carbons (Fsp3) is 0.200. The van der Waals surface area contributed by atoms with E-state index in [2.05, 4.69) is 19.2 Å². The number of allylic oxidation sites excluding steroid dienone is 6. The summed E-state index contributed by atoms with van der Waals surface area (Å²) in [4.78, 5) is 0. The van der Waals surface area contributed by atoms with Crippen molar-refractivity contribution in [2.75, 3.05) is 0 Å². The van der Waals surface area contributed by atoms with E-state index in [4.69, 9.17) is 0 Å². The predicted molar refractivity (Wildman–Crippen MR) is 47.9 cm³/mol. The molecule has 0 saturated heterocycles. The zero-order valence-corrected chi connectivity index (χ0v) is 6.72. The van der Waals surface area contributed by atoms with Crippen molar-refractivity contribution in [3.05, 3.63) is 48.6 Å². The maximum absolute atomic E-state index is 3.65. The molecule has 0 saturated carbocycles. The normalized spacial score (nSPS) is 13.0. The Balaban J connectivity index is 4.24. The Labute approximate surface area is 63.3 Å². The van der Waals surface area contributed by atoms with Crippen molar-refractivity contribution in [3.8, 4) is 0 Å². The molecule has 0 radical (unpaired) electrons. The summed E-state index contributed by atoms with van der Waals surface area (Å²) in [5.74, 6) is 0. The first-order valence-electron chi connectivity index (χ1n) is 3.30. The Hall–Kier alpha value is -1.04. The highest BCUT2D eigenvalue weighted by molar-refractivity contribution is 5.28. The van der Waals surface area contributed by atoms with Crippen LogP contribution in [0.2, 0.25) is 0 Å². The summed E-state index contributed by atoms with van der Waals surface area (Å²) in [5.41, 5.74) is 2.38. The molecule has 0 fully saturated rings. The van der Waals surface area contributed by atoms with E-state index in [-0.39, 0.29) is 0 Å². The summed E-state index contributed by atoms with van der Waals surface area (Å²) in [7, 11) is 0. The third-order valence-electron chi connectivity index (χ3n) is 1.16. The molecule has 0 aliphatic heterocycles. The molecule has 0 aromatic carbocycles. The first-order chi connectivity index (χ1) is 4.70. The summed E-state index contributed by atoms with van der Waals surface area (Å²) in [6.45, 7) is 11.3. The van der Waals surface area contributed by atoms with Crippen LogP contribution in [0.1, 0.15) is 13.8 Å². The van der Waals surface area contributed by atoms with E-state index in [0.717, 1.165) is 0 Å². The summed E-state index contributed by atoms with van der Waals surface area (Å²) in [5, 5.41) is 0. The number of rotatable bonds is 3. The van der Waals surface area contributed by atoms with Crippen LogP contribution in [0.3, 0.4) is 0 Å². The van der Waals surface area contributed by atoms with Crippen molar-refractivity contribution in [1.82, 2.24) is 0 Å². The van der Waals surface area contributed by atoms with Gasteiger partial charge in [0.15, 0.2) is 0 Å². The van der Waals surface area contributed by atoms with Crippen LogP contribution < -0.4 is 0 Å². The van der Waals surface area contributed by atoms with E-state index < -0.39 is 0 Å². The standard InChI is InChI=1S/C10H14/c1-5-7-10(4)8-9(3)6-2/h5-8H,1-2H2,3-4H3. The summed E-state index contributed by atoms with van der Waals surface area (Å²) < 4.78 is 0. The Bertz CT molecular complexity index is 180. The third-order valence-corrected chi connectivity index (χ3v) is 1.16. The first kappa shape index (κ1) is 8.96. The van der Waals surface area contributed by atoms with Gasteiger partial charge in [0, 0.05) is 0 Å². The Morgan fingerprint density at radius 1 is 1.10 bits per heavy atom. The molecule has 0 heterocycles. The van der Waals surface area contributed by atoms with Gasteiger partial charge in [-0.2, -0.15) is 0 Å². The highest BCUT2D eigenvalue weighted by Crippen LogP contribution is 2.01. The summed E-state index contributed by atoms with van der Waals surface area (Å²) in [6.07, 6.45) is 7.64. The van der Waals surface area contributed by atoms with Crippen LogP contribution in [0.15, 0.2) is 48.6 Å². The first-order valence-corrected chi connectivity index (χ1v) is 3.30. The molecule has 0 unspecified atom stereocenters. The zero-order valence-electron chi connectivity index (χ0n) is 6.72. The molecular weight excluding hydrogens is 120 g/mol. The van der Waals surface area contributed by atoms with Crippen molar-refractivity contribution in [2.45, 2.75) is 13.8 Å². The van der Waals surface area contributed by atoms with Crippen molar-refractivity contribution in [2.24, 2.45) is 0 Å². The minimum absolute atomic E-state index is 1.18. The maximum Gasteiger partial charge on any atom is -0.0398 e. The second-order valence-electron chi connectivity index (χ2n) is 2.24. The maximum atomic E-state index is 3.65. The minimum atomic E-state index is 1.18. The molecule has 0 aliphatic rings. The van der Waals surface area contributed by atoms with Crippen LogP contribution in [-0.4, -0.2) is 0 Å². The van der Waals surface area contributed by atoms with E-state index in [0.29, 0.717) is 0 Å². The average Bonchev–Trinajstić information content (AvgIpc) is 1.88. The van der Waals surface area contributed by atoms with Crippen molar-refractivity contribution in [3.63, 3.8) is 0 Å². The van der Waals surface area contributed by atoms with Gasteiger partial charge in [0.25, 0.3) is 0 Å². The van der Waals surface area contributed by atoms with E-state index in [1.54, 1.807) is 6.08 Å². The minimum Gasteiger partial charge on any atom is -0.0991 e. The van der Waals surface area contributed by atoms with Gasteiger partial charge in [0.05, 0.1) is 0 Å². The van der Waals surface area contributed by atoms with Gasteiger partial charge in [0.2, 0.25) is 0 Å². The lowest BCUT2D eigenvalue weighted by Gasteiger charge is -1.90. The van der Waals surface area contributed by atoms with Gasteiger partial charge >= 0.3 is 0 Å². The van der Waals surface area contributed by atoms with Crippen LogP contribution in [-0.2, 0) is 0 Å². The zero-order chi connectivity index (χ0) is 7.98. The predicted octanol–water partition coefficient (Wildman–Crippen LogP) is 3.25. The van der Waals surface area contributed by atoms with Crippen LogP contribution >= 0.6 is 0 Å². The molecule has 0 aliphatic carbocycles. The fourth-order valence-electron chi connectivity index (χ4n) is 0.652. The van der Waals surface area contributed by atoms with Crippen molar-refractivity contribution >= 4 is 0 Å². The molecule has 0 nitrogen and oxygen atoms in total. The lowest BCUT2D eigenvalue weighted by molar-refractivity contribution is 1.44. The molecule has 0 amide bonds. The largest absolute Gasteiger partial charge is 0.0991 e. The molecule has 0 N–H and O–H groups in total. The molecule has 0 rings (SSSR count). The molecule has 10 heavy (non-hydrogen) atoms. The smallest absolute Gasteiger partial charge is 0.0398 e. The Morgan fingerprint density at radius 3 is 2.10 bits per heavy atom. The number of hydrogen-bond donors (Lipinski definition) is 0. The summed E-state index contributed by atoms with van der Waals surface area (Å²) in [6, 6.07) is 0. The van der Waals surface area contributed by atoms with Crippen molar-refractivity contribution < 1.29 is 0 Å². The Morgan fingerprint density at radius 2 is 1.70 bits per heavy atom. The van der Waals surface area contributed by atoms with E-state index in [1.807, 2.05) is 26.0 Å². The van der Waals surface area contributed by atoms with Gasteiger partial charge in [0.1, 0.15) is 0 Å². The molecule has 0 bridgehead atoms. The van der Waals surface area contributed by atoms with E-state index in [1.165, 1.54) is 11.1 Å². The fourth-order valence-corrected chi connectivity index (χ4v) is 0.652. The van der Waals surface area contributed by atoms with Crippen LogP contribution in [0, 0.1) is 0 Å². The molecule has 0 heteroatoms. The van der Waals surface area contributed by atoms with Crippen LogP contribution in [0.25, 0.3) is 0 Å². The van der Waals surface area contributed by atoms with Gasteiger partial charge in [-0.15, -0.1) is 0 Å². The lowest BCUT2D eigenvalue weighted by atomic mass is 10.2. The highest BCUT2D eigenvalue weighted by atomic mass is 13.9. The quantitative estimate of drug-likeness (QED) is 0.520. The Kier molecular flexibility index (Phi) is 4.30. The van der Waals surface area contributed by atoms with E-state index in [9.17, 15) is 0 Å². The van der Waals surface area contributed by atoms with Gasteiger partial charge < -0.3 is 0 Å². The van der Waals surface area contributed by atoms with Crippen LogP contribution in [0.4, 0.5) is 0 Å². The lowest BCUT2D eigenvalue weighted by Crippen LogP contribution is -1.70. The van der Waals surface area contributed by atoms with Gasteiger partial charge in [-0.3, -0.25) is 0 Å². The summed E-state index contributed by atoms with van der Waals surface area (Å²) >= 11 is 0. The van der Waals surface area contributed by atoms with Crippen molar-refractivity contribution in [1.29, 1.82) is 0 Å². The van der Waals surface area contributed by atoms with E-state index >= 15 is 0 Å². The molecular formula is C10H14. The third kappa shape index (κ3) is 3.90. The molecule has 0 aromatic heterocycles. The molecule has 0 aromatic rings. The van der Waals surface area contributed by atoms with Gasteiger partial charge in [-0.05, 0) is 13.8 Å². The number of hydrogen-bond acceptors (Lipinski definition) is 0. The van der Waals surface area contributed by atoms with Gasteiger partial charge in [-0.25, -0.2) is 0 Å². The molecule has 0 atom stereocenters. The molecule has 54 valence electrons. The van der Waals surface area contributed by atoms with Crippen LogP contribution in [0.5, 0.6) is 0 Å². The van der Waals surface area contributed by atoms with Gasteiger partial charge in [-0.1, -0.05) is 48.6 Å². The molecule has 0 spiro atoms. The monoisotopic (exact) mass is 134 g/mol. The topological polar surface area (TPSA) is 0 Å².